The molecule has 0 aromatic rings. The normalized spacial score (nSPS) is 15.2. The van der Waals surface area contributed by atoms with Gasteiger partial charge in [-0.2, -0.15) is 0 Å². The lowest BCUT2D eigenvalue weighted by Crippen LogP contribution is -2.54. The molecule has 124 valence electrons. The molecule has 4 nitrogen and oxygen atoms in total. The van der Waals surface area contributed by atoms with Crippen LogP contribution in [0.5, 0.6) is 0 Å². The van der Waals surface area contributed by atoms with Crippen molar-refractivity contribution in [2.45, 2.75) is 77.2 Å². The van der Waals surface area contributed by atoms with Crippen LogP contribution < -0.4 is 5.32 Å². The minimum Gasteiger partial charge on any atom is -0.453 e. The Morgan fingerprint density at radius 3 is 1.76 bits per heavy atom. The van der Waals surface area contributed by atoms with Gasteiger partial charge in [0, 0.05) is 0 Å². The van der Waals surface area contributed by atoms with E-state index in [4.69, 9.17) is 4.43 Å². The topological polar surface area (TPSA) is 47.6 Å². The monoisotopic (exact) mass is 315 g/mol. The first-order chi connectivity index (χ1) is 9.63. The Morgan fingerprint density at radius 1 is 1.05 bits per heavy atom. The molecule has 0 aliphatic heterocycles. The van der Waals surface area contributed by atoms with Gasteiger partial charge in [-0.1, -0.05) is 47.6 Å². The third-order valence-electron chi connectivity index (χ3n) is 4.33. The van der Waals surface area contributed by atoms with E-state index in [1.165, 1.54) is 7.11 Å². The molecule has 0 rings (SSSR count). The minimum absolute atomic E-state index is 0.125. The molecule has 0 aliphatic carbocycles. The van der Waals surface area contributed by atoms with Gasteiger partial charge >= 0.3 is 6.09 Å². The first-order valence-electron chi connectivity index (χ1n) is 7.78. The van der Waals surface area contributed by atoms with Crippen LogP contribution >= 0.6 is 0 Å². The van der Waals surface area contributed by atoms with Gasteiger partial charge in [0.05, 0.1) is 19.3 Å². The van der Waals surface area contributed by atoms with Crippen LogP contribution in [0.1, 0.15) is 48.5 Å². The van der Waals surface area contributed by atoms with E-state index in [1.807, 2.05) is 6.92 Å². The van der Waals surface area contributed by atoms with Crippen molar-refractivity contribution in [1.82, 2.24) is 5.32 Å². The van der Waals surface area contributed by atoms with Gasteiger partial charge in [-0.05, 0) is 23.5 Å². The van der Waals surface area contributed by atoms with Crippen LogP contribution in [0, 0.1) is 0 Å². The Morgan fingerprint density at radius 2 is 1.48 bits per heavy atom. The van der Waals surface area contributed by atoms with E-state index in [0.29, 0.717) is 16.6 Å². The molecule has 21 heavy (non-hydrogen) atoms. The van der Waals surface area contributed by atoms with Crippen LogP contribution in [-0.2, 0) is 9.16 Å². The lowest BCUT2D eigenvalue weighted by atomic mass is 10.2. The summed E-state index contributed by atoms with van der Waals surface area (Å²) in [5.41, 5.74) is 1.51. The summed E-state index contributed by atoms with van der Waals surface area (Å²) in [6.07, 6.45) is 1.13. The van der Waals surface area contributed by atoms with Crippen molar-refractivity contribution in [3.8, 4) is 0 Å². The number of methoxy groups -OCH3 is 1. The number of carbonyl (C=O) groups excluding carboxylic acids is 1. The van der Waals surface area contributed by atoms with E-state index in [0.717, 1.165) is 0 Å². The van der Waals surface area contributed by atoms with Crippen molar-refractivity contribution >= 4 is 14.4 Å². The molecular formula is C16H33NO3Si. The average Bonchev–Trinajstić information content (AvgIpc) is 2.39. The maximum Gasteiger partial charge on any atom is 0.407 e. The SMILES string of the molecule is C=C[C@@H](NC(=O)OC)[C@H](C)O[Si](C(C)C)(C(C)C)C(C)C. The molecule has 0 unspecified atom stereocenters. The Balaban J connectivity index is 5.23. The van der Waals surface area contributed by atoms with E-state index in [1.54, 1.807) is 6.08 Å². The van der Waals surface area contributed by atoms with Gasteiger partial charge in [0.1, 0.15) is 0 Å². The Hall–Kier alpha value is -0.813. The highest BCUT2D eigenvalue weighted by Gasteiger charge is 2.46. The van der Waals surface area contributed by atoms with Gasteiger partial charge in [-0.15, -0.1) is 6.58 Å². The Kier molecular flexibility index (Phi) is 8.25. The lowest BCUT2D eigenvalue weighted by molar-refractivity contribution is 0.139. The number of alkyl carbamates (subject to hydrolysis) is 1. The molecule has 0 bridgehead atoms. The van der Waals surface area contributed by atoms with E-state index in [9.17, 15) is 4.79 Å². The summed E-state index contributed by atoms with van der Waals surface area (Å²) >= 11 is 0. The molecular weight excluding hydrogens is 282 g/mol. The van der Waals surface area contributed by atoms with E-state index in [2.05, 4.69) is 58.2 Å². The predicted molar refractivity (Wildman–Crippen MR) is 91.1 cm³/mol. The maximum atomic E-state index is 11.4. The maximum absolute atomic E-state index is 11.4. The van der Waals surface area contributed by atoms with Gasteiger partial charge in [0.2, 0.25) is 8.32 Å². The summed E-state index contributed by atoms with van der Waals surface area (Å²) in [7, 11) is -0.613. The van der Waals surface area contributed by atoms with Gasteiger partial charge in [0.25, 0.3) is 0 Å². The molecule has 1 amide bonds. The fourth-order valence-corrected chi connectivity index (χ4v) is 8.97. The summed E-state index contributed by atoms with van der Waals surface area (Å²) in [5.74, 6) is 0. The van der Waals surface area contributed by atoms with Crippen molar-refractivity contribution in [3.05, 3.63) is 12.7 Å². The molecule has 0 radical (unpaired) electrons. The second-order valence-corrected chi connectivity index (χ2v) is 11.9. The van der Waals surface area contributed by atoms with Crippen molar-refractivity contribution in [3.63, 3.8) is 0 Å². The summed E-state index contributed by atoms with van der Waals surface area (Å²) in [6, 6.07) is -0.249. The predicted octanol–water partition coefficient (Wildman–Crippen LogP) is 4.48. The van der Waals surface area contributed by atoms with Gasteiger partial charge in [0.15, 0.2) is 0 Å². The molecule has 0 saturated carbocycles. The van der Waals surface area contributed by atoms with Crippen molar-refractivity contribution in [1.29, 1.82) is 0 Å². The molecule has 5 heteroatoms. The average molecular weight is 316 g/mol. The summed E-state index contributed by atoms with van der Waals surface area (Å²) in [4.78, 5) is 11.4. The molecule has 1 N–H and O–H groups in total. The number of nitrogens with one attached hydrogen (secondary N) is 1. The first kappa shape index (κ1) is 20.2. The largest absolute Gasteiger partial charge is 0.453 e. The van der Waals surface area contributed by atoms with Crippen LogP contribution in [0.15, 0.2) is 12.7 Å². The summed E-state index contributed by atoms with van der Waals surface area (Å²) < 4.78 is 11.3. The number of rotatable bonds is 8. The molecule has 0 spiro atoms. The summed E-state index contributed by atoms with van der Waals surface area (Å²) in [5, 5.41) is 2.77. The van der Waals surface area contributed by atoms with Gasteiger partial charge < -0.3 is 14.5 Å². The molecule has 0 fully saturated rings. The smallest absolute Gasteiger partial charge is 0.407 e. The number of ether oxygens (including phenoxy) is 1. The van der Waals surface area contributed by atoms with Crippen molar-refractivity contribution in [2.75, 3.05) is 7.11 Å². The highest BCUT2D eigenvalue weighted by Crippen LogP contribution is 2.43. The standard InChI is InChI=1S/C16H33NO3Si/c1-10-15(17-16(18)19-9)14(8)20-21(11(2)3,12(4)5)13(6)7/h10-15H,1H2,2-9H3,(H,17,18)/t14-,15+/m0/s1. The van der Waals surface area contributed by atoms with E-state index >= 15 is 0 Å². The second-order valence-electron chi connectivity index (χ2n) is 6.54. The Bertz CT molecular complexity index is 321. The number of hydrogen-bond donors (Lipinski definition) is 1. The highest BCUT2D eigenvalue weighted by molar-refractivity contribution is 6.77. The van der Waals surface area contributed by atoms with Gasteiger partial charge in [-0.25, -0.2) is 4.79 Å². The van der Waals surface area contributed by atoms with Crippen LogP contribution in [0.3, 0.4) is 0 Å². The molecule has 0 saturated heterocycles. The quantitative estimate of drug-likeness (QED) is 0.531. The number of amides is 1. The van der Waals surface area contributed by atoms with Crippen LogP contribution in [0.4, 0.5) is 4.79 Å². The zero-order valence-electron chi connectivity index (χ0n) is 14.9. The third-order valence-corrected chi connectivity index (χ3v) is 10.5. The highest BCUT2D eigenvalue weighted by atomic mass is 28.4. The fourth-order valence-electron chi connectivity index (χ4n) is 3.37. The molecule has 0 aliphatic rings. The minimum atomic E-state index is -1.97. The number of carbonyl (C=O) groups is 1. The Labute approximate surface area is 131 Å². The molecule has 0 aromatic carbocycles. The van der Waals surface area contributed by atoms with Crippen LogP contribution in [0.2, 0.25) is 16.6 Å². The summed E-state index contributed by atoms with van der Waals surface area (Å²) in [6.45, 7) is 19.3. The fraction of sp³-hybridized carbons (Fsp3) is 0.812. The zero-order valence-corrected chi connectivity index (χ0v) is 15.9. The third kappa shape index (κ3) is 4.85. The van der Waals surface area contributed by atoms with Crippen molar-refractivity contribution < 1.29 is 14.0 Å². The zero-order chi connectivity index (χ0) is 16.8. The van der Waals surface area contributed by atoms with Gasteiger partial charge in [-0.3, -0.25) is 0 Å². The number of hydrogen-bond acceptors (Lipinski definition) is 3. The molecule has 0 heterocycles. The molecule has 2 atom stereocenters. The first-order valence-corrected chi connectivity index (χ1v) is 9.92. The molecule has 0 aromatic heterocycles. The van der Waals surface area contributed by atoms with Crippen LogP contribution in [-0.4, -0.2) is 33.7 Å². The van der Waals surface area contributed by atoms with Crippen LogP contribution in [0.25, 0.3) is 0 Å². The lowest BCUT2D eigenvalue weighted by Gasteiger charge is -2.45. The van der Waals surface area contributed by atoms with E-state index in [-0.39, 0.29) is 12.1 Å². The second kappa shape index (κ2) is 8.59. The van der Waals surface area contributed by atoms with E-state index < -0.39 is 14.4 Å². The van der Waals surface area contributed by atoms with Crippen molar-refractivity contribution in [2.24, 2.45) is 0 Å².